The van der Waals surface area contributed by atoms with Crippen LogP contribution in [0.2, 0.25) is 0 Å². The number of anilines is 1. The van der Waals surface area contributed by atoms with Gasteiger partial charge in [-0.1, -0.05) is 12.1 Å². The third kappa shape index (κ3) is 3.90. The van der Waals surface area contributed by atoms with E-state index in [-0.39, 0.29) is 5.88 Å². The van der Waals surface area contributed by atoms with E-state index in [1.54, 1.807) is 6.21 Å². The Morgan fingerprint density at radius 3 is 2.79 bits per heavy atom. The van der Waals surface area contributed by atoms with Gasteiger partial charge in [-0.3, -0.25) is 4.99 Å². The molecule has 0 aliphatic carbocycles. The van der Waals surface area contributed by atoms with Crippen molar-refractivity contribution in [2.45, 2.75) is 26.7 Å². The topological polar surface area (TPSA) is 69.6 Å². The molecule has 2 aromatic carbocycles. The molecular weight excluding hydrogens is 350 g/mol. The largest absolute Gasteiger partial charge is 0.494 e. The summed E-state index contributed by atoms with van der Waals surface area (Å²) in [5, 5.41) is 14.8. The number of aromatic nitrogens is 1. The lowest BCUT2D eigenvalue weighted by Crippen LogP contribution is -2.22. The summed E-state index contributed by atoms with van der Waals surface area (Å²) in [7, 11) is 0. The molecule has 5 heteroatoms. The Balaban J connectivity index is 1.50. The smallest absolute Gasteiger partial charge is 0.198 e. The predicted octanol–water partition coefficient (Wildman–Crippen LogP) is 5.08. The summed E-state index contributed by atoms with van der Waals surface area (Å²) in [6.07, 6.45) is 4.00. The number of benzene rings is 2. The van der Waals surface area contributed by atoms with E-state index in [0.717, 1.165) is 66.0 Å². The summed E-state index contributed by atoms with van der Waals surface area (Å²) in [6, 6.07) is 12.1. The highest BCUT2D eigenvalue weighted by molar-refractivity contribution is 6.04. The van der Waals surface area contributed by atoms with Crippen molar-refractivity contribution < 1.29 is 9.84 Å². The predicted molar refractivity (Wildman–Crippen MR) is 115 cm³/mol. The number of aliphatic imine (C=N–C) groups is 1. The summed E-state index contributed by atoms with van der Waals surface area (Å²) in [5.41, 5.74) is 5.95. The van der Waals surface area contributed by atoms with E-state index in [1.165, 1.54) is 5.56 Å². The lowest BCUT2D eigenvalue weighted by Gasteiger charge is -2.23. The lowest BCUT2D eigenvalue weighted by atomic mass is 10.00. The van der Waals surface area contributed by atoms with Crippen LogP contribution in [-0.2, 0) is 4.74 Å². The van der Waals surface area contributed by atoms with Crippen LogP contribution in [0.5, 0.6) is 5.88 Å². The minimum absolute atomic E-state index is 0.152. The van der Waals surface area contributed by atoms with E-state index in [2.05, 4.69) is 34.3 Å². The van der Waals surface area contributed by atoms with Gasteiger partial charge in [-0.05, 0) is 68.0 Å². The van der Waals surface area contributed by atoms with Crippen molar-refractivity contribution in [1.82, 2.24) is 4.98 Å². The number of nitrogens with one attached hydrogen (secondary N) is 2. The van der Waals surface area contributed by atoms with Gasteiger partial charge < -0.3 is 20.1 Å². The maximum Gasteiger partial charge on any atom is 0.198 e. The third-order valence-electron chi connectivity index (χ3n) is 5.53. The van der Waals surface area contributed by atoms with E-state index in [1.807, 2.05) is 31.2 Å². The number of H-pyrrole nitrogens is 1. The monoisotopic (exact) mass is 377 g/mol. The van der Waals surface area contributed by atoms with Gasteiger partial charge in [0.15, 0.2) is 5.88 Å². The first-order valence-electron chi connectivity index (χ1n) is 9.88. The fourth-order valence-corrected chi connectivity index (χ4v) is 3.84. The Hall–Kier alpha value is -2.79. The van der Waals surface area contributed by atoms with Gasteiger partial charge in [0.05, 0.1) is 11.3 Å². The molecule has 1 aliphatic rings. The Morgan fingerprint density at radius 2 is 2.00 bits per heavy atom. The molecule has 146 valence electrons. The molecule has 5 nitrogen and oxygen atoms in total. The molecule has 4 rings (SSSR count). The highest BCUT2D eigenvalue weighted by atomic mass is 16.5. The molecule has 3 aromatic rings. The highest BCUT2D eigenvalue weighted by Crippen LogP contribution is 2.29. The fourth-order valence-electron chi connectivity index (χ4n) is 3.84. The number of aromatic amines is 1. The number of hydrogen-bond acceptors (Lipinski definition) is 4. The zero-order valence-electron chi connectivity index (χ0n) is 16.5. The van der Waals surface area contributed by atoms with Crippen molar-refractivity contribution in [3.05, 3.63) is 53.1 Å². The lowest BCUT2D eigenvalue weighted by molar-refractivity contribution is 0.0699. The molecule has 2 heterocycles. The molecule has 28 heavy (non-hydrogen) atoms. The van der Waals surface area contributed by atoms with Crippen LogP contribution in [0, 0.1) is 19.8 Å². The number of hydrogen-bond donors (Lipinski definition) is 3. The van der Waals surface area contributed by atoms with Crippen molar-refractivity contribution in [3.63, 3.8) is 0 Å². The van der Waals surface area contributed by atoms with Crippen LogP contribution in [0.4, 0.5) is 11.4 Å². The Bertz CT molecular complexity index is 1000. The van der Waals surface area contributed by atoms with Crippen LogP contribution in [-0.4, -0.2) is 36.1 Å². The molecule has 1 fully saturated rings. The minimum Gasteiger partial charge on any atom is -0.494 e. The van der Waals surface area contributed by atoms with Crippen LogP contribution in [0.1, 0.15) is 29.5 Å². The SMILES string of the molecule is Cc1cc(N=Cc2c(O)[nH]c3cccc(C)c23)ccc1NCC1CCOCC1. The van der Waals surface area contributed by atoms with Crippen molar-refractivity contribution in [2.24, 2.45) is 10.9 Å². The van der Waals surface area contributed by atoms with Gasteiger partial charge in [0.25, 0.3) is 0 Å². The molecule has 3 N–H and O–H groups in total. The number of rotatable bonds is 5. The molecule has 0 unspecified atom stereocenters. The average molecular weight is 377 g/mol. The molecular formula is C23H27N3O2. The highest BCUT2D eigenvalue weighted by Gasteiger charge is 2.14. The van der Waals surface area contributed by atoms with E-state index in [4.69, 9.17) is 4.74 Å². The normalized spacial score (nSPS) is 15.5. The standard InChI is InChI=1S/C23H27N3O2/c1-15-4-3-5-21-22(15)19(23(27)26-21)14-24-18-6-7-20(16(2)12-18)25-13-17-8-10-28-11-9-17/h3-7,12,14,17,25-27H,8-11,13H2,1-2H3. The Labute approximate surface area is 165 Å². The van der Waals surface area contributed by atoms with Gasteiger partial charge in [-0.25, -0.2) is 0 Å². The first-order chi connectivity index (χ1) is 13.6. The summed E-state index contributed by atoms with van der Waals surface area (Å²) >= 11 is 0. The molecule has 1 saturated heterocycles. The quantitative estimate of drug-likeness (QED) is 0.543. The van der Waals surface area contributed by atoms with Crippen LogP contribution < -0.4 is 5.32 Å². The van der Waals surface area contributed by atoms with Crippen molar-refractivity contribution in [1.29, 1.82) is 0 Å². The van der Waals surface area contributed by atoms with Crippen LogP contribution in [0.25, 0.3) is 10.9 Å². The summed E-state index contributed by atoms with van der Waals surface area (Å²) in [6.45, 7) is 6.86. The number of aromatic hydroxyl groups is 1. The van der Waals surface area contributed by atoms with Crippen molar-refractivity contribution in [2.75, 3.05) is 25.1 Å². The van der Waals surface area contributed by atoms with Gasteiger partial charge >= 0.3 is 0 Å². The first-order valence-corrected chi connectivity index (χ1v) is 9.88. The van der Waals surface area contributed by atoms with Crippen LogP contribution in [0.15, 0.2) is 41.4 Å². The molecule has 0 amide bonds. The third-order valence-corrected chi connectivity index (χ3v) is 5.53. The number of fused-ring (bicyclic) bond motifs is 1. The van der Waals surface area contributed by atoms with Crippen molar-refractivity contribution in [3.8, 4) is 5.88 Å². The van der Waals surface area contributed by atoms with Gasteiger partial charge in [0.2, 0.25) is 0 Å². The molecule has 0 saturated carbocycles. The second-order valence-corrected chi connectivity index (χ2v) is 7.58. The maximum absolute atomic E-state index is 10.3. The molecule has 1 aliphatic heterocycles. The minimum atomic E-state index is 0.152. The van der Waals surface area contributed by atoms with Gasteiger partial charge in [0, 0.05) is 42.6 Å². The van der Waals surface area contributed by atoms with E-state index in [0.29, 0.717) is 5.92 Å². The molecule has 0 spiro atoms. The molecule has 0 radical (unpaired) electrons. The molecule has 0 bridgehead atoms. The number of aryl methyl sites for hydroxylation is 2. The maximum atomic E-state index is 10.3. The zero-order valence-corrected chi connectivity index (χ0v) is 16.5. The average Bonchev–Trinajstić information content (AvgIpc) is 3.03. The van der Waals surface area contributed by atoms with E-state index < -0.39 is 0 Å². The summed E-state index contributed by atoms with van der Waals surface area (Å²) in [4.78, 5) is 7.62. The molecule has 1 aromatic heterocycles. The molecule has 0 atom stereocenters. The Morgan fingerprint density at radius 1 is 1.18 bits per heavy atom. The van der Waals surface area contributed by atoms with E-state index in [9.17, 15) is 5.11 Å². The second-order valence-electron chi connectivity index (χ2n) is 7.58. The summed E-state index contributed by atoms with van der Waals surface area (Å²) in [5.74, 6) is 0.832. The van der Waals surface area contributed by atoms with Crippen LogP contribution >= 0.6 is 0 Å². The van der Waals surface area contributed by atoms with Crippen LogP contribution in [0.3, 0.4) is 0 Å². The Kier molecular flexibility index (Phi) is 5.35. The number of ether oxygens (including phenoxy) is 1. The fraction of sp³-hybridized carbons (Fsp3) is 0.348. The van der Waals surface area contributed by atoms with Gasteiger partial charge in [-0.2, -0.15) is 0 Å². The van der Waals surface area contributed by atoms with Gasteiger partial charge in [-0.15, -0.1) is 0 Å². The van der Waals surface area contributed by atoms with Crippen molar-refractivity contribution >= 4 is 28.5 Å². The first kappa shape index (κ1) is 18.6. The van der Waals surface area contributed by atoms with Gasteiger partial charge in [0.1, 0.15) is 0 Å². The second kappa shape index (κ2) is 8.07. The summed E-state index contributed by atoms with van der Waals surface area (Å²) < 4.78 is 5.43. The van der Waals surface area contributed by atoms with E-state index >= 15 is 0 Å². The zero-order chi connectivity index (χ0) is 19.5. The number of nitrogens with zero attached hydrogens (tertiary/aromatic N) is 1.